The standard InChI is InChI=1S/C27H28N2O6/c1-3-17(25(30)29(2)15-18-12-13-24(35-18)26(31)32)14-28-27(33)34-16-23-21-10-6-4-8-19(21)20-9-5-7-11-22(20)23/h4-13,17,23H,3,14-16H2,1-2H3,(H,28,33)(H,31,32). The minimum atomic E-state index is -1.16. The number of carbonyl (C=O) groups excluding carboxylic acids is 2. The van der Waals surface area contributed by atoms with Gasteiger partial charge in [0, 0.05) is 19.5 Å². The summed E-state index contributed by atoms with van der Waals surface area (Å²) in [5.74, 6) is -1.63. The summed E-state index contributed by atoms with van der Waals surface area (Å²) in [7, 11) is 1.61. The molecule has 0 bridgehead atoms. The molecule has 4 rings (SSSR count). The highest BCUT2D eigenvalue weighted by atomic mass is 16.5. The number of carbonyl (C=O) groups is 3. The van der Waals surface area contributed by atoms with Gasteiger partial charge in [-0.2, -0.15) is 0 Å². The van der Waals surface area contributed by atoms with Crippen molar-refractivity contribution < 1.29 is 28.6 Å². The number of nitrogens with zero attached hydrogens (tertiary/aromatic N) is 1. The van der Waals surface area contributed by atoms with Crippen molar-refractivity contribution in [2.24, 2.45) is 5.92 Å². The molecule has 0 saturated carbocycles. The molecule has 0 aliphatic heterocycles. The second-order valence-electron chi connectivity index (χ2n) is 8.58. The Labute approximate surface area is 203 Å². The zero-order valence-electron chi connectivity index (χ0n) is 19.7. The lowest BCUT2D eigenvalue weighted by Gasteiger charge is -2.22. The maximum atomic E-state index is 12.8. The van der Waals surface area contributed by atoms with Crippen LogP contribution in [0.1, 0.15) is 46.7 Å². The lowest BCUT2D eigenvalue weighted by molar-refractivity contribution is -0.134. The molecule has 35 heavy (non-hydrogen) atoms. The fourth-order valence-electron chi connectivity index (χ4n) is 4.46. The van der Waals surface area contributed by atoms with Crippen LogP contribution in [0.15, 0.2) is 65.1 Å². The number of alkyl carbamates (subject to hydrolysis) is 1. The van der Waals surface area contributed by atoms with E-state index in [0.717, 1.165) is 22.3 Å². The van der Waals surface area contributed by atoms with E-state index in [1.807, 2.05) is 31.2 Å². The summed E-state index contributed by atoms with van der Waals surface area (Å²) in [6.45, 7) is 2.34. The maximum absolute atomic E-state index is 12.8. The zero-order chi connectivity index (χ0) is 24.9. The Morgan fingerprint density at radius 2 is 1.66 bits per heavy atom. The van der Waals surface area contributed by atoms with E-state index >= 15 is 0 Å². The van der Waals surface area contributed by atoms with E-state index in [9.17, 15) is 14.4 Å². The Bertz CT molecular complexity index is 1190. The van der Waals surface area contributed by atoms with E-state index in [-0.39, 0.29) is 37.3 Å². The summed E-state index contributed by atoms with van der Waals surface area (Å²) >= 11 is 0. The Morgan fingerprint density at radius 3 is 2.23 bits per heavy atom. The van der Waals surface area contributed by atoms with Crippen molar-refractivity contribution in [2.45, 2.75) is 25.8 Å². The molecule has 0 radical (unpaired) electrons. The van der Waals surface area contributed by atoms with Gasteiger partial charge in [0.05, 0.1) is 12.5 Å². The van der Waals surface area contributed by atoms with Gasteiger partial charge < -0.3 is 24.5 Å². The van der Waals surface area contributed by atoms with Gasteiger partial charge in [0.1, 0.15) is 12.4 Å². The average Bonchev–Trinajstić information content (AvgIpc) is 3.46. The first kappa shape index (κ1) is 24.1. The van der Waals surface area contributed by atoms with Crippen LogP contribution < -0.4 is 5.32 Å². The Hall–Kier alpha value is -4.07. The highest BCUT2D eigenvalue weighted by molar-refractivity contribution is 5.84. The van der Waals surface area contributed by atoms with Crippen molar-refractivity contribution in [3.05, 3.63) is 83.3 Å². The number of carboxylic acids is 1. The predicted molar refractivity (Wildman–Crippen MR) is 129 cm³/mol. The molecule has 3 aromatic rings. The fourth-order valence-corrected chi connectivity index (χ4v) is 4.46. The number of fused-ring (bicyclic) bond motifs is 3. The summed E-state index contributed by atoms with van der Waals surface area (Å²) < 4.78 is 10.8. The molecule has 2 aromatic carbocycles. The molecule has 2 N–H and O–H groups in total. The van der Waals surface area contributed by atoms with E-state index < -0.39 is 18.0 Å². The summed E-state index contributed by atoms with van der Waals surface area (Å²) in [5.41, 5.74) is 4.58. The predicted octanol–water partition coefficient (Wildman–Crippen LogP) is 4.50. The van der Waals surface area contributed by atoms with Crippen molar-refractivity contribution in [3.63, 3.8) is 0 Å². The fraction of sp³-hybridized carbons (Fsp3) is 0.296. The minimum absolute atomic E-state index is 0.0353. The number of benzene rings is 2. The van der Waals surface area contributed by atoms with Gasteiger partial charge in [-0.05, 0) is 40.8 Å². The highest BCUT2D eigenvalue weighted by Gasteiger charge is 2.29. The number of ether oxygens (including phenoxy) is 1. The van der Waals surface area contributed by atoms with Gasteiger partial charge in [-0.1, -0.05) is 55.5 Å². The molecule has 8 nitrogen and oxygen atoms in total. The molecule has 0 saturated heterocycles. The van der Waals surface area contributed by atoms with Gasteiger partial charge in [0.25, 0.3) is 0 Å². The summed E-state index contributed by atoms with van der Waals surface area (Å²) in [6.07, 6.45) is -0.0522. The molecule has 1 atom stereocenters. The van der Waals surface area contributed by atoms with E-state index in [0.29, 0.717) is 12.2 Å². The number of hydrogen-bond acceptors (Lipinski definition) is 5. The van der Waals surface area contributed by atoms with Crippen molar-refractivity contribution in [1.82, 2.24) is 10.2 Å². The molecular formula is C27H28N2O6. The maximum Gasteiger partial charge on any atom is 0.407 e. The summed E-state index contributed by atoms with van der Waals surface area (Å²) in [5, 5.41) is 11.7. The third kappa shape index (κ3) is 5.21. The number of carboxylic acid groups (broad SMARTS) is 1. The molecule has 2 amide bonds. The highest BCUT2D eigenvalue weighted by Crippen LogP contribution is 2.44. The summed E-state index contributed by atoms with van der Waals surface area (Å²) in [4.78, 5) is 37.7. The Morgan fingerprint density at radius 1 is 1.03 bits per heavy atom. The van der Waals surface area contributed by atoms with Gasteiger partial charge in [-0.3, -0.25) is 4.79 Å². The van der Waals surface area contributed by atoms with Gasteiger partial charge in [0.2, 0.25) is 11.7 Å². The molecule has 1 heterocycles. The Balaban J connectivity index is 1.30. The van der Waals surface area contributed by atoms with Crippen molar-refractivity contribution in [3.8, 4) is 11.1 Å². The first-order chi connectivity index (χ1) is 16.9. The quantitative estimate of drug-likeness (QED) is 0.471. The largest absolute Gasteiger partial charge is 0.475 e. The molecule has 1 aliphatic carbocycles. The van der Waals surface area contributed by atoms with Crippen LogP contribution in [-0.4, -0.2) is 48.2 Å². The Kier molecular flexibility index (Phi) is 7.19. The first-order valence-electron chi connectivity index (χ1n) is 11.5. The van der Waals surface area contributed by atoms with Gasteiger partial charge >= 0.3 is 12.1 Å². The van der Waals surface area contributed by atoms with Crippen LogP contribution in [0, 0.1) is 5.92 Å². The van der Waals surface area contributed by atoms with Crippen LogP contribution in [0.5, 0.6) is 0 Å². The van der Waals surface area contributed by atoms with Crippen LogP contribution in [0.2, 0.25) is 0 Å². The van der Waals surface area contributed by atoms with Crippen LogP contribution in [0.25, 0.3) is 11.1 Å². The van der Waals surface area contributed by atoms with Gasteiger partial charge in [-0.25, -0.2) is 9.59 Å². The van der Waals surface area contributed by atoms with E-state index in [1.165, 1.54) is 17.0 Å². The third-order valence-corrected chi connectivity index (χ3v) is 6.32. The van der Waals surface area contributed by atoms with Crippen LogP contribution in [0.3, 0.4) is 0 Å². The van der Waals surface area contributed by atoms with E-state index in [4.69, 9.17) is 14.3 Å². The third-order valence-electron chi connectivity index (χ3n) is 6.32. The number of nitrogens with one attached hydrogen (secondary N) is 1. The second-order valence-corrected chi connectivity index (χ2v) is 8.58. The number of rotatable bonds is 9. The van der Waals surface area contributed by atoms with Crippen LogP contribution >= 0.6 is 0 Å². The van der Waals surface area contributed by atoms with Gasteiger partial charge in [0.15, 0.2) is 0 Å². The number of furan rings is 1. The molecule has 1 unspecified atom stereocenters. The van der Waals surface area contributed by atoms with E-state index in [1.54, 1.807) is 7.05 Å². The molecule has 1 aromatic heterocycles. The number of amides is 2. The molecule has 182 valence electrons. The SMILES string of the molecule is CCC(CNC(=O)OCC1c2ccccc2-c2ccccc21)C(=O)N(C)Cc1ccc(C(=O)O)o1. The van der Waals surface area contributed by atoms with Crippen molar-refractivity contribution >= 4 is 18.0 Å². The van der Waals surface area contributed by atoms with Crippen molar-refractivity contribution in [1.29, 1.82) is 0 Å². The van der Waals surface area contributed by atoms with Gasteiger partial charge in [-0.15, -0.1) is 0 Å². The smallest absolute Gasteiger partial charge is 0.407 e. The second kappa shape index (κ2) is 10.5. The lowest BCUT2D eigenvalue weighted by Crippen LogP contribution is -2.39. The molecule has 0 fully saturated rings. The lowest BCUT2D eigenvalue weighted by atomic mass is 9.98. The average molecular weight is 477 g/mol. The minimum Gasteiger partial charge on any atom is -0.475 e. The number of aromatic carboxylic acids is 1. The van der Waals surface area contributed by atoms with Crippen molar-refractivity contribution in [2.75, 3.05) is 20.2 Å². The zero-order valence-corrected chi connectivity index (χ0v) is 19.7. The molecule has 0 spiro atoms. The molecule has 1 aliphatic rings. The normalized spacial score (nSPS) is 13.0. The monoisotopic (exact) mass is 476 g/mol. The first-order valence-corrected chi connectivity index (χ1v) is 11.5. The number of hydrogen-bond donors (Lipinski definition) is 2. The molecule has 8 heteroatoms. The summed E-state index contributed by atoms with van der Waals surface area (Å²) in [6, 6.07) is 19.1. The molecular weight excluding hydrogens is 448 g/mol. The van der Waals surface area contributed by atoms with E-state index in [2.05, 4.69) is 29.6 Å². The van der Waals surface area contributed by atoms with Crippen LogP contribution in [0.4, 0.5) is 4.79 Å². The topological polar surface area (TPSA) is 109 Å². The van der Waals surface area contributed by atoms with Crippen LogP contribution in [-0.2, 0) is 16.1 Å².